The van der Waals surface area contributed by atoms with Gasteiger partial charge in [-0.2, -0.15) is 4.31 Å². The van der Waals surface area contributed by atoms with Gasteiger partial charge in [-0.1, -0.05) is 30.3 Å². The Kier molecular flexibility index (Phi) is 4.44. The van der Waals surface area contributed by atoms with Crippen LogP contribution in [0.25, 0.3) is 0 Å². The van der Waals surface area contributed by atoms with Crippen LogP contribution in [-0.4, -0.2) is 36.5 Å². The average Bonchev–Trinajstić information content (AvgIpc) is 3.35. The Hall–Kier alpha value is -2.38. The van der Waals surface area contributed by atoms with E-state index in [-0.39, 0.29) is 5.92 Å². The van der Waals surface area contributed by atoms with Crippen LogP contribution in [-0.2, 0) is 21.4 Å². The summed E-state index contributed by atoms with van der Waals surface area (Å²) in [7, 11) is -3.69. The van der Waals surface area contributed by atoms with E-state index in [0.29, 0.717) is 37.6 Å². The fourth-order valence-corrected chi connectivity index (χ4v) is 6.13. The Morgan fingerprint density at radius 2 is 1.89 bits per heavy atom. The van der Waals surface area contributed by atoms with Gasteiger partial charge in [-0.05, 0) is 43.2 Å². The second-order valence-corrected chi connectivity index (χ2v) is 9.18. The highest BCUT2D eigenvalue weighted by atomic mass is 32.2. The van der Waals surface area contributed by atoms with E-state index in [9.17, 15) is 13.2 Å². The molecule has 1 aliphatic heterocycles. The number of amides is 1. The molecule has 1 N–H and O–H groups in total. The summed E-state index contributed by atoms with van der Waals surface area (Å²) in [6.45, 7) is 3.16. The molecular weight excluding hydrogens is 364 g/mol. The molecule has 142 valence electrons. The molecule has 0 spiro atoms. The van der Waals surface area contributed by atoms with Crippen molar-refractivity contribution in [3.63, 3.8) is 0 Å². The Labute approximate surface area is 159 Å². The molecule has 1 heterocycles. The molecule has 0 radical (unpaired) electrons. The number of hydrogen-bond donors (Lipinski definition) is 1. The van der Waals surface area contributed by atoms with Crippen molar-refractivity contribution in [1.29, 1.82) is 0 Å². The maximum Gasteiger partial charge on any atom is 0.247 e. The lowest BCUT2D eigenvalue weighted by Gasteiger charge is -2.21. The van der Waals surface area contributed by atoms with Crippen molar-refractivity contribution in [2.75, 3.05) is 18.5 Å². The number of carbonyl (C=O) groups is 1. The lowest BCUT2D eigenvalue weighted by atomic mass is 10.2. The molecule has 0 aromatic heterocycles. The largest absolute Gasteiger partial charge is 0.494 e. The maximum absolute atomic E-state index is 13.1. The molecule has 2 aliphatic rings. The van der Waals surface area contributed by atoms with Crippen LogP contribution >= 0.6 is 0 Å². The molecule has 4 rings (SSSR count). The van der Waals surface area contributed by atoms with E-state index >= 15 is 0 Å². The summed E-state index contributed by atoms with van der Waals surface area (Å²) < 4.78 is 31.7. The first-order valence-electron chi connectivity index (χ1n) is 9.05. The topological polar surface area (TPSA) is 75.7 Å². The monoisotopic (exact) mass is 386 g/mol. The van der Waals surface area contributed by atoms with Crippen LogP contribution in [0.4, 0.5) is 5.69 Å². The van der Waals surface area contributed by atoms with Gasteiger partial charge in [-0.15, -0.1) is 0 Å². The molecule has 2 atom stereocenters. The third-order valence-corrected chi connectivity index (χ3v) is 7.85. The number of anilines is 1. The minimum atomic E-state index is -3.69. The van der Waals surface area contributed by atoms with Crippen LogP contribution in [0.3, 0.4) is 0 Å². The van der Waals surface area contributed by atoms with Gasteiger partial charge in [0.25, 0.3) is 0 Å². The van der Waals surface area contributed by atoms with Crippen molar-refractivity contribution in [3.8, 4) is 5.75 Å². The van der Waals surface area contributed by atoms with Gasteiger partial charge in [0.15, 0.2) is 4.75 Å². The number of carbonyl (C=O) groups excluding carboxylic acids is 1. The highest BCUT2D eigenvalue weighted by Gasteiger charge is 2.75. The van der Waals surface area contributed by atoms with Gasteiger partial charge in [-0.3, -0.25) is 4.79 Å². The normalized spacial score (nSPS) is 25.6. The van der Waals surface area contributed by atoms with E-state index in [1.165, 1.54) is 4.31 Å². The molecule has 2 aromatic rings. The summed E-state index contributed by atoms with van der Waals surface area (Å²) in [5.41, 5.74) is 1.49. The zero-order valence-electron chi connectivity index (χ0n) is 15.1. The minimum absolute atomic E-state index is 0.145. The molecule has 1 saturated carbocycles. The number of benzene rings is 2. The van der Waals surface area contributed by atoms with E-state index in [1.54, 1.807) is 24.3 Å². The molecule has 1 aliphatic carbocycles. The first-order valence-corrected chi connectivity index (χ1v) is 10.5. The van der Waals surface area contributed by atoms with Gasteiger partial charge in [0.2, 0.25) is 15.9 Å². The SMILES string of the molecule is CCOc1ccc(NC(=O)C23CC2CN(Cc2ccccc2)S3(=O)=O)cc1. The van der Waals surface area contributed by atoms with E-state index in [0.717, 1.165) is 5.56 Å². The molecule has 2 unspecified atom stereocenters. The van der Waals surface area contributed by atoms with E-state index < -0.39 is 20.7 Å². The second-order valence-electron chi connectivity index (χ2n) is 6.99. The van der Waals surface area contributed by atoms with Crippen LogP contribution in [0, 0.1) is 5.92 Å². The molecule has 2 fully saturated rings. The number of rotatable bonds is 6. The molecule has 7 heteroatoms. The van der Waals surface area contributed by atoms with Crippen molar-refractivity contribution in [2.24, 2.45) is 5.92 Å². The Bertz CT molecular complexity index is 944. The average molecular weight is 386 g/mol. The third-order valence-electron chi connectivity index (χ3n) is 5.28. The van der Waals surface area contributed by atoms with Gasteiger partial charge in [0.1, 0.15) is 5.75 Å². The van der Waals surface area contributed by atoms with Crippen molar-refractivity contribution >= 4 is 21.6 Å². The predicted octanol–water partition coefficient (Wildman–Crippen LogP) is 2.63. The van der Waals surface area contributed by atoms with Crippen molar-refractivity contribution in [3.05, 3.63) is 60.2 Å². The number of fused-ring (bicyclic) bond motifs is 1. The third kappa shape index (κ3) is 3.00. The lowest BCUT2D eigenvalue weighted by Crippen LogP contribution is -2.41. The van der Waals surface area contributed by atoms with Crippen molar-refractivity contribution < 1.29 is 17.9 Å². The smallest absolute Gasteiger partial charge is 0.247 e. The van der Waals surface area contributed by atoms with Gasteiger partial charge in [-0.25, -0.2) is 8.42 Å². The van der Waals surface area contributed by atoms with Crippen LogP contribution < -0.4 is 10.1 Å². The van der Waals surface area contributed by atoms with Crippen LogP contribution in [0.15, 0.2) is 54.6 Å². The maximum atomic E-state index is 13.1. The molecule has 0 bridgehead atoms. The van der Waals surface area contributed by atoms with E-state index in [1.807, 2.05) is 37.3 Å². The van der Waals surface area contributed by atoms with Gasteiger partial charge < -0.3 is 10.1 Å². The summed E-state index contributed by atoms with van der Waals surface area (Å²) in [6.07, 6.45) is 0.392. The van der Waals surface area contributed by atoms with Gasteiger partial charge in [0.05, 0.1) is 6.61 Å². The standard InChI is InChI=1S/C20H22N2O4S/c1-2-26-18-10-8-17(9-11-18)21-19(23)20-12-16(20)14-22(27(20,24)25)13-15-6-4-3-5-7-15/h3-11,16H,2,12-14H2,1H3,(H,21,23). The summed E-state index contributed by atoms with van der Waals surface area (Å²) in [5.74, 6) is 0.126. The van der Waals surface area contributed by atoms with Crippen molar-refractivity contribution in [1.82, 2.24) is 4.31 Å². The summed E-state index contributed by atoms with van der Waals surface area (Å²) >= 11 is 0. The number of ether oxygens (including phenoxy) is 1. The molecule has 27 heavy (non-hydrogen) atoms. The van der Waals surface area contributed by atoms with E-state index in [2.05, 4.69) is 5.32 Å². The predicted molar refractivity (Wildman–Crippen MR) is 103 cm³/mol. The molecule has 6 nitrogen and oxygen atoms in total. The first-order chi connectivity index (χ1) is 13.0. The van der Waals surface area contributed by atoms with Gasteiger partial charge >= 0.3 is 0 Å². The zero-order chi connectivity index (χ0) is 19.1. The highest BCUT2D eigenvalue weighted by molar-refractivity contribution is 7.92. The Balaban J connectivity index is 1.49. The highest BCUT2D eigenvalue weighted by Crippen LogP contribution is 2.58. The fourth-order valence-electron chi connectivity index (χ4n) is 3.78. The molecule has 1 saturated heterocycles. The number of sulfonamides is 1. The molecule has 2 aromatic carbocycles. The van der Waals surface area contributed by atoms with Crippen LogP contribution in [0.5, 0.6) is 5.75 Å². The summed E-state index contributed by atoms with van der Waals surface area (Å²) in [6, 6.07) is 16.4. The number of nitrogens with one attached hydrogen (secondary N) is 1. The molecule has 1 amide bonds. The zero-order valence-corrected chi connectivity index (χ0v) is 15.9. The molecular formula is C20H22N2O4S. The Morgan fingerprint density at radius 3 is 2.56 bits per heavy atom. The summed E-state index contributed by atoms with van der Waals surface area (Å²) in [5, 5.41) is 2.78. The minimum Gasteiger partial charge on any atom is -0.494 e. The lowest BCUT2D eigenvalue weighted by molar-refractivity contribution is -0.116. The van der Waals surface area contributed by atoms with Gasteiger partial charge in [0, 0.05) is 24.7 Å². The van der Waals surface area contributed by atoms with Crippen LogP contribution in [0.2, 0.25) is 0 Å². The van der Waals surface area contributed by atoms with Crippen molar-refractivity contribution in [2.45, 2.75) is 24.6 Å². The first kappa shape index (κ1) is 18.0. The quantitative estimate of drug-likeness (QED) is 0.828. The number of nitrogens with zero attached hydrogens (tertiary/aromatic N) is 1. The number of hydrogen-bond acceptors (Lipinski definition) is 4. The second kappa shape index (κ2) is 6.65. The Morgan fingerprint density at radius 1 is 1.19 bits per heavy atom. The summed E-state index contributed by atoms with van der Waals surface area (Å²) in [4.78, 5) is 12.9. The van der Waals surface area contributed by atoms with E-state index in [4.69, 9.17) is 4.74 Å². The van der Waals surface area contributed by atoms with Crippen LogP contribution in [0.1, 0.15) is 18.9 Å². The fraction of sp³-hybridized carbons (Fsp3) is 0.350.